The van der Waals surface area contributed by atoms with Gasteiger partial charge in [0.25, 0.3) is 0 Å². The van der Waals surface area contributed by atoms with E-state index in [1.165, 1.54) is 6.07 Å². The van der Waals surface area contributed by atoms with E-state index in [-0.39, 0.29) is 17.2 Å². The number of hydrogen-bond donors (Lipinski definition) is 3. The molecule has 0 radical (unpaired) electrons. The summed E-state index contributed by atoms with van der Waals surface area (Å²) in [5.41, 5.74) is 2.40. The third kappa shape index (κ3) is 2.18. The molecule has 2 aromatic rings. The van der Waals surface area contributed by atoms with Crippen LogP contribution in [-0.2, 0) is 6.42 Å². The van der Waals surface area contributed by atoms with Crippen LogP contribution >= 0.6 is 0 Å². The van der Waals surface area contributed by atoms with Crippen molar-refractivity contribution < 1.29 is 15.3 Å². The lowest BCUT2D eigenvalue weighted by atomic mass is 10.0. The van der Waals surface area contributed by atoms with E-state index in [9.17, 15) is 15.3 Å². The lowest BCUT2D eigenvalue weighted by molar-refractivity contribution is 0.400. The van der Waals surface area contributed by atoms with Crippen molar-refractivity contribution in [1.82, 2.24) is 0 Å². The van der Waals surface area contributed by atoms with Crippen molar-refractivity contribution in [2.24, 2.45) is 0 Å². The van der Waals surface area contributed by atoms with Crippen molar-refractivity contribution >= 4 is 0 Å². The summed E-state index contributed by atoms with van der Waals surface area (Å²) < 4.78 is 0. The molecule has 0 aliphatic rings. The minimum atomic E-state index is -0.118. The monoisotopic (exact) mass is 230 g/mol. The summed E-state index contributed by atoms with van der Waals surface area (Å²) in [6.45, 7) is 1.91. The fourth-order valence-corrected chi connectivity index (χ4v) is 1.77. The quantitative estimate of drug-likeness (QED) is 0.695. The van der Waals surface area contributed by atoms with Gasteiger partial charge in [0.1, 0.15) is 5.75 Å². The number of aromatic hydroxyl groups is 3. The highest BCUT2D eigenvalue weighted by Gasteiger charge is 2.08. The zero-order valence-electron chi connectivity index (χ0n) is 9.51. The molecule has 3 nitrogen and oxygen atoms in total. The van der Waals surface area contributed by atoms with Crippen LogP contribution in [0.3, 0.4) is 0 Å². The van der Waals surface area contributed by atoms with Crippen LogP contribution in [0.15, 0.2) is 36.4 Å². The second kappa shape index (κ2) is 4.37. The van der Waals surface area contributed by atoms with Crippen molar-refractivity contribution in [3.8, 4) is 28.4 Å². The summed E-state index contributed by atoms with van der Waals surface area (Å²) in [5.74, 6) is 0.0231. The maximum atomic E-state index is 9.63. The third-order valence-electron chi connectivity index (χ3n) is 2.75. The normalized spacial score (nSPS) is 10.4. The van der Waals surface area contributed by atoms with E-state index in [0.717, 1.165) is 11.1 Å². The zero-order valence-corrected chi connectivity index (χ0v) is 9.51. The number of phenols is 3. The van der Waals surface area contributed by atoms with Crippen LogP contribution in [0, 0.1) is 0 Å². The van der Waals surface area contributed by atoms with E-state index in [2.05, 4.69) is 0 Å². The fourth-order valence-electron chi connectivity index (χ4n) is 1.77. The predicted octanol–water partition coefficient (Wildman–Crippen LogP) is 3.03. The number of aryl methyl sites for hydroxylation is 1. The minimum absolute atomic E-state index is 0.0602. The van der Waals surface area contributed by atoms with Gasteiger partial charge in [0.05, 0.1) is 0 Å². The van der Waals surface area contributed by atoms with Gasteiger partial charge in [-0.25, -0.2) is 0 Å². The Kier molecular flexibility index (Phi) is 2.91. The molecule has 0 heterocycles. The summed E-state index contributed by atoms with van der Waals surface area (Å²) in [7, 11) is 0. The molecule has 0 saturated carbocycles. The minimum Gasteiger partial charge on any atom is -0.508 e. The summed E-state index contributed by atoms with van der Waals surface area (Å²) in [6.07, 6.45) is 0.644. The molecule has 2 aromatic carbocycles. The van der Waals surface area contributed by atoms with Crippen molar-refractivity contribution in [2.75, 3.05) is 0 Å². The van der Waals surface area contributed by atoms with Gasteiger partial charge in [-0.3, -0.25) is 0 Å². The predicted molar refractivity (Wildman–Crippen MR) is 66.3 cm³/mol. The molecule has 3 N–H and O–H groups in total. The van der Waals surface area contributed by atoms with Gasteiger partial charge in [0.15, 0.2) is 11.5 Å². The molecule has 3 heteroatoms. The Morgan fingerprint density at radius 1 is 0.882 bits per heavy atom. The number of benzene rings is 2. The standard InChI is InChI=1S/C14H14O3/c1-2-9-7-11(8-13(16)14(9)17)10-3-5-12(15)6-4-10/h3-8,15-17H,2H2,1H3. The molecule has 2 rings (SSSR count). The van der Waals surface area contributed by atoms with Crippen LogP contribution < -0.4 is 0 Å². The molecular formula is C14H14O3. The maximum Gasteiger partial charge on any atom is 0.160 e. The highest BCUT2D eigenvalue weighted by molar-refractivity contribution is 5.69. The van der Waals surface area contributed by atoms with Crippen molar-refractivity contribution in [1.29, 1.82) is 0 Å². The molecule has 0 bridgehead atoms. The van der Waals surface area contributed by atoms with Gasteiger partial charge in [-0.05, 0) is 47.4 Å². The largest absolute Gasteiger partial charge is 0.508 e. The molecule has 88 valence electrons. The van der Waals surface area contributed by atoms with Crippen molar-refractivity contribution in [3.05, 3.63) is 42.0 Å². The third-order valence-corrected chi connectivity index (χ3v) is 2.75. The summed E-state index contributed by atoms with van der Waals surface area (Å²) in [6, 6.07) is 10.1. The Morgan fingerprint density at radius 2 is 1.53 bits per heavy atom. The molecule has 0 fully saturated rings. The molecule has 0 amide bonds. The van der Waals surface area contributed by atoms with Gasteiger partial charge in [0.2, 0.25) is 0 Å². The van der Waals surface area contributed by atoms with E-state index in [1.54, 1.807) is 24.3 Å². The second-order valence-electron chi connectivity index (χ2n) is 3.90. The molecule has 0 spiro atoms. The summed E-state index contributed by atoms with van der Waals surface area (Å²) in [5, 5.41) is 28.5. The molecular weight excluding hydrogens is 216 g/mol. The fraction of sp³-hybridized carbons (Fsp3) is 0.143. The average Bonchev–Trinajstić information content (AvgIpc) is 2.33. The zero-order chi connectivity index (χ0) is 12.4. The Bertz CT molecular complexity index is 530. The van der Waals surface area contributed by atoms with Gasteiger partial charge in [-0.15, -0.1) is 0 Å². The maximum absolute atomic E-state index is 9.63. The Morgan fingerprint density at radius 3 is 2.12 bits per heavy atom. The molecule has 0 aromatic heterocycles. The molecule has 0 saturated heterocycles. The van der Waals surface area contributed by atoms with Crippen molar-refractivity contribution in [2.45, 2.75) is 13.3 Å². The second-order valence-corrected chi connectivity index (χ2v) is 3.90. The molecule has 0 aliphatic carbocycles. The number of phenolic OH excluding ortho intramolecular Hbond substituents is 3. The SMILES string of the molecule is CCc1cc(-c2ccc(O)cc2)cc(O)c1O. The lowest BCUT2D eigenvalue weighted by Crippen LogP contribution is -1.85. The highest BCUT2D eigenvalue weighted by Crippen LogP contribution is 2.35. The van der Waals surface area contributed by atoms with Gasteiger partial charge < -0.3 is 15.3 Å². The summed E-state index contributed by atoms with van der Waals surface area (Å²) in [4.78, 5) is 0. The van der Waals surface area contributed by atoms with Crippen molar-refractivity contribution in [3.63, 3.8) is 0 Å². The van der Waals surface area contributed by atoms with Gasteiger partial charge in [-0.1, -0.05) is 19.1 Å². The molecule has 0 aliphatic heterocycles. The number of rotatable bonds is 2. The molecule has 17 heavy (non-hydrogen) atoms. The first-order chi connectivity index (χ1) is 8.11. The molecule has 0 atom stereocenters. The van der Waals surface area contributed by atoms with Crippen LogP contribution in [0.4, 0.5) is 0 Å². The van der Waals surface area contributed by atoms with E-state index < -0.39 is 0 Å². The Labute approximate surface area is 99.6 Å². The van der Waals surface area contributed by atoms with Crippen LogP contribution in [-0.4, -0.2) is 15.3 Å². The summed E-state index contributed by atoms with van der Waals surface area (Å²) >= 11 is 0. The van der Waals surface area contributed by atoms with Crippen LogP contribution in [0.1, 0.15) is 12.5 Å². The first-order valence-electron chi connectivity index (χ1n) is 5.46. The molecule has 0 unspecified atom stereocenters. The highest BCUT2D eigenvalue weighted by atomic mass is 16.3. The van der Waals surface area contributed by atoms with Gasteiger partial charge in [0, 0.05) is 0 Å². The van der Waals surface area contributed by atoms with E-state index in [4.69, 9.17) is 0 Å². The van der Waals surface area contributed by atoms with E-state index >= 15 is 0 Å². The smallest absolute Gasteiger partial charge is 0.160 e. The van der Waals surface area contributed by atoms with Crippen LogP contribution in [0.25, 0.3) is 11.1 Å². The van der Waals surface area contributed by atoms with Crippen LogP contribution in [0.5, 0.6) is 17.2 Å². The lowest BCUT2D eigenvalue weighted by Gasteiger charge is -2.08. The Balaban J connectivity index is 2.52. The Hall–Kier alpha value is -2.16. The van der Waals surface area contributed by atoms with E-state index in [0.29, 0.717) is 12.0 Å². The first kappa shape index (κ1) is 11.3. The van der Waals surface area contributed by atoms with E-state index in [1.807, 2.05) is 13.0 Å². The number of hydrogen-bond acceptors (Lipinski definition) is 3. The van der Waals surface area contributed by atoms with Gasteiger partial charge in [-0.2, -0.15) is 0 Å². The van der Waals surface area contributed by atoms with Crippen LogP contribution in [0.2, 0.25) is 0 Å². The first-order valence-corrected chi connectivity index (χ1v) is 5.46. The van der Waals surface area contributed by atoms with Gasteiger partial charge >= 0.3 is 0 Å². The topological polar surface area (TPSA) is 60.7 Å². The average molecular weight is 230 g/mol.